The van der Waals surface area contributed by atoms with E-state index >= 15 is 0 Å². The number of alkyl halides is 3. The van der Waals surface area contributed by atoms with Crippen LogP contribution < -0.4 is 5.73 Å². The molecule has 2 aromatic heterocycles. The topological polar surface area (TPSA) is 69.6 Å². The molecule has 2 rings (SSSR count). The van der Waals surface area contributed by atoms with Crippen molar-refractivity contribution in [1.82, 2.24) is 9.38 Å². The van der Waals surface area contributed by atoms with Crippen LogP contribution in [-0.4, -0.2) is 22.5 Å². The van der Waals surface area contributed by atoms with Crippen molar-refractivity contribution < 1.29 is 22.7 Å². The van der Waals surface area contributed by atoms with Gasteiger partial charge in [0, 0.05) is 6.20 Å². The smallest absolute Gasteiger partial charge is 0.417 e. The predicted molar refractivity (Wildman–Crippen MR) is 65.3 cm³/mol. The van der Waals surface area contributed by atoms with Gasteiger partial charge in [-0.3, -0.25) is 9.20 Å². The Labute approximate surface area is 116 Å². The van der Waals surface area contributed by atoms with Crippen LogP contribution in [0.2, 0.25) is 5.02 Å². The number of nitrogens with two attached hydrogens (primary N) is 1. The highest BCUT2D eigenvalue weighted by Gasteiger charge is 2.32. The molecule has 0 aromatic carbocycles. The second kappa shape index (κ2) is 4.86. The third kappa shape index (κ3) is 2.51. The van der Waals surface area contributed by atoms with Gasteiger partial charge in [-0.15, -0.1) is 0 Å². The summed E-state index contributed by atoms with van der Waals surface area (Å²) in [7, 11) is 1.18. The number of fused-ring (bicyclic) bond motifs is 1. The van der Waals surface area contributed by atoms with Crippen LogP contribution in [0.5, 0.6) is 0 Å². The van der Waals surface area contributed by atoms with Crippen molar-refractivity contribution in [1.29, 1.82) is 0 Å². The largest absolute Gasteiger partial charge is 0.469 e. The molecule has 0 aliphatic carbocycles. The number of imidazole rings is 1. The maximum atomic E-state index is 12.7. The molecule has 20 heavy (non-hydrogen) atoms. The van der Waals surface area contributed by atoms with Gasteiger partial charge in [0.1, 0.15) is 5.82 Å². The fraction of sp³-hybridized carbons (Fsp3) is 0.273. The van der Waals surface area contributed by atoms with Crippen LogP contribution in [0.25, 0.3) is 5.65 Å². The molecule has 5 nitrogen and oxygen atoms in total. The van der Waals surface area contributed by atoms with Gasteiger partial charge in [-0.05, 0) is 6.07 Å². The number of hydrogen-bond acceptors (Lipinski definition) is 4. The molecule has 2 aromatic rings. The Kier molecular flexibility index (Phi) is 3.51. The van der Waals surface area contributed by atoms with E-state index in [9.17, 15) is 18.0 Å². The average Bonchev–Trinajstić information content (AvgIpc) is 2.66. The van der Waals surface area contributed by atoms with Crippen LogP contribution >= 0.6 is 11.6 Å². The number of carbonyl (C=O) groups is 1. The Balaban J connectivity index is 2.60. The molecular weight excluding hydrogens is 299 g/mol. The summed E-state index contributed by atoms with van der Waals surface area (Å²) >= 11 is 5.77. The number of esters is 1. The van der Waals surface area contributed by atoms with Gasteiger partial charge in [-0.25, -0.2) is 4.98 Å². The Bertz CT molecular complexity index is 682. The third-order valence-electron chi connectivity index (χ3n) is 2.66. The van der Waals surface area contributed by atoms with E-state index in [1.807, 2.05) is 0 Å². The first-order chi connectivity index (χ1) is 9.24. The minimum Gasteiger partial charge on any atom is -0.469 e. The zero-order chi connectivity index (χ0) is 15.1. The number of hydrogen-bond donors (Lipinski definition) is 1. The van der Waals surface area contributed by atoms with Gasteiger partial charge in [0.2, 0.25) is 0 Å². The van der Waals surface area contributed by atoms with Crippen molar-refractivity contribution in [3.8, 4) is 0 Å². The predicted octanol–water partition coefficient (Wildman–Crippen LogP) is 2.30. The fourth-order valence-corrected chi connectivity index (χ4v) is 1.91. The van der Waals surface area contributed by atoms with Crippen LogP contribution in [0.1, 0.15) is 11.3 Å². The summed E-state index contributed by atoms with van der Waals surface area (Å²) in [5, 5.41) is -0.206. The molecule has 2 N–H and O–H groups in total. The number of anilines is 1. The van der Waals surface area contributed by atoms with Crippen LogP contribution in [0.4, 0.5) is 19.0 Å². The van der Waals surface area contributed by atoms with E-state index in [0.29, 0.717) is 0 Å². The molecule has 0 amide bonds. The maximum absolute atomic E-state index is 12.7. The first-order valence-corrected chi connectivity index (χ1v) is 5.71. The number of ether oxygens (including phenoxy) is 1. The lowest BCUT2D eigenvalue weighted by Crippen LogP contribution is -2.08. The molecule has 0 saturated carbocycles. The molecule has 0 aliphatic heterocycles. The highest BCUT2D eigenvalue weighted by Crippen LogP contribution is 2.33. The first kappa shape index (κ1) is 14.4. The Morgan fingerprint density at radius 1 is 1.55 bits per heavy atom. The lowest BCUT2D eigenvalue weighted by Gasteiger charge is -2.08. The minimum absolute atomic E-state index is 0.0519. The molecule has 0 fully saturated rings. The molecule has 0 spiro atoms. The number of pyridine rings is 1. The van der Waals surface area contributed by atoms with Crippen LogP contribution in [0.15, 0.2) is 12.3 Å². The van der Waals surface area contributed by atoms with E-state index in [2.05, 4.69) is 9.72 Å². The van der Waals surface area contributed by atoms with Crippen LogP contribution in [0, 0.1) is 0 Å². The molecule has 0 unspecified atom stereocenters. The van der Waals surface area contributed by atoms with Gasteiger partial charge in [-0.1, -0.05) is 11.6 Å². The fourth-order valence-electron chi connectivity index (χ4n) is 1.66. The summed E-state index contributed by atoms with van der Waals surface area (Å²) in [6.45, 7) is 0. The Morgan fingerprint density at radius 3 is 2.75 bits per heavy atom. The summed E-state index contributed by atoms with van der Waals surface area (Å²) in [6, 6.07) is 0.755. The average molecular weight is 308 g/mol. The van der Waals surface area contributed by atoms with E-state index in [-0.39, 0.29) is 28.6 Å². The minimum atomic E-state index is -4.56. The molecule has 108 valence electrons. The highest BCUT2D eigenvalue weighted by atomic mass is 35.5. The second-order valence-electron chi connectivity index (χ2n) is 3.96. The van der Waals surface area contributed by atoms with Crippen molar-refractivity contribution in [2.45, 2.75) is 12.6 Å². The number of methoxy groups -OCH3 is 1. The molecule has 0 radical (unpaired) electrons. The quantitative estimate of drug-likeness (QED) is 0.864. The molecular formula is C11H9ClF3N3O2. The summed E-state index contributed by atoms with van der Waals surface area (Å²) in [6.07, 6.45) is -4.02. The summed E-state index contributed by atoms with van der Waals surface area (Å²) in [5.74, 6) is -0.689. The van der Waals surface area contributed by atoms with Crippen molar-refractivity contribution >= 4 is 29.0 Å². The van der Waals surface area contributed by atoms with Crippen molar-refractivity contribution in [3.63, 3.8) is 0 Å². The molecule has 2 heterocycles. The number of halogens is 4. The summed E-state index contributed by atoms with van der Waals surface area (Å²) in [5.41, 5.74) is 4.90. The Morgan fingerprint density at radius 2 is 2.20 bits per heavy atom. The summed E-state index contributed by atoms with van der Waals surface area (Å²) in [4.78, 5) is 15.1. The second-order valence-corrected chi connectivity index (χ2v) is 4.37. The number of aromatic nitrogens is 2. The molecule has 9 heteroatoms. The van der Waals surface area contributed by atoms with Gasteiger partial charge in [0.25, 0.3) is 0 Å². The van der Waals surface area contributed by atoms with Gasteiger partial charge in [0.15, 0.2) is 5.65 Å². The zero-order valence-electron chi connectivity index (χ0n) is 10.2. The molecule has 0 atom stereocenters. The molecule has 0 bridgehead atoms. The monoisotopic (exact) mass is 307 g/mol. The third-order valence-corrected chi connectivity index (χ3v) is 2.93. The van der Waals surface area contributed by atoms with Crippen molar-refractivity contribution in [3.05, 3.63) is 28.5 Å². The van der Waals surface area contributed by atoms with Gasteiger partial charge >= 0.3 is 12.1 Å². The number of nitrogens with zero attached hydrogens (tertiary/aromatic N) is 2. The van der Waals surface area contributed by atoms with Crippen LogP contribution in [0.3, 0.4) is 0 Å². The van der Waals surface area contributed by atoms with Crippen molar-refractivity contribution in [2.24, 2.45) is 0 Å². The number of carbonyl (C=O) groups excluding carboxylic acids is 1. The summed E-state index contributed by atoms with van der Waals surface area (Å²) < 4.78 is 43.5. The van der Waals surface area contributed by atoms with Crippen molar-refractivity contribution in [2.75, 3.05) is 12.8 Å². The highest BCUT2D eigenvalue weighted by molar-refractivity contribution is 6.33. The van der Waals surface area contributed by atoms with E-state index in [1.54, 1.807) is 0 Å². The van der Waals surface area contributed by atoms with Crippen LogP contribution in [-0.2, 0) is 22.1 Å². The maximum Gasteiger partial charge on any atom is 0.417 e. The molecule has 0 saturated heterocycles. The van der Waals surface area contributed by atoms with Gasteiger partial charge < -0.3 is 10.5 Å². The molecule has 0 aliphatic rings. The van der Waals surface area contributed by atoms with Gasteiger partial charge in [-0.2, -0.15) is 13.2 Å². The van der Waals surface area contributed by atoms with E-state index in [4.69, 9.17) is 17.3 Å². The zero-order valence-corrected chi connectivity index (χ0v) is 10.9. The lowest BCUT2D eigenvalue weighted by molar-refractivity contribution is -0.140. The van der Waals surface area contributed by atoms with E-state index in [1.165, 1.54) is 7.11 Å². The normalized spacial score (nSPS) is 11.8. The standard InChI is InChI=1S/C11H9ClF3N3O2/c1-20-8(19)3-7-9(16)18-4-5(11(13,14)15)2-6(12)10(18)17-7/h2,4H,3,16H2,1H3. The van der Waals surface area contributed by atoms with E-state index in [0.717, 1.165) is 16.7 Å². The van der Waals surface area contributed by atoms with E-state index < -0.39 is 17.7 Å². The van der Waals surface area contributed by atoms with Gasteiger partial charge in [0.05, 0.1) is 29.8 Å². The number of rotatable bonds is 2. The first-order valence-electron chi connectivity index (χ1n) is 5.34. The lowest BCUT2D eigenvalue weighted by atomic mass is 10.3. The SMILES string of the molecule is COC(=O)Cc1nc2c(Cl)cc(C(F)(F)F)cn2c1N. The Hall–Kier alpha value is -1.96. The number of nitrogen functional groups attached to an aromatic ring is 1.